The van der Waals surface area contributed by atoms with Gasteiger partial charge in [-0.25, -0.2) is 0 Å². The molecule has 0 saturated heterocycles. The van der Waals surface area contributed by atoms with E-state index in [0.717, 1.165) is 25.7 Å². The highest BCUT2D eigenvalue weighted by molar-refractivity contribution is 6.03. The van der Waals surface area contributed by atoms with Crippen LogP contribution in [0, 0.1) is 11.3 Å². The number of hydrogen-bond donors (Lipinski definition) is 2. The average Bonchev–Trinajstić information content (AvgIpc) is 2.40. The van der Waals surface area contributed by atoms with Crippen molar-refractivity contribution in [3.05, 3.63) is 11.3 Å². The fourth-order valence-corrected chi connectivity index (χ4v) is 2.29. The highest BCUT2D eigenvalue weighted by Crippen LogP contribution is 2.41. The molecule has 0 aromatic carbocycles. The van der Waals surface area contributed by atoms with Crippen LogP contribution in [0.15, 0.2) is 16.3 Å². The van der Waals surface area contributed by atoms with Crippen LogP contribution in [0.4, 0.5) is 0 Å². The molecule has 2 aliphatic rings. The summed E-state index contributed by atoms with van der Waals surface area (Å²) >= 11 is 0. The first-order chi connectivity index (χ1) is 6.69. The lowest BCUT2D eigenvalue weighted by molar-refractivity contribution is 0.243. The summed E-state index contributed by atoms with van der Waals surface area (Å²) in [5.41, 5.74) is 5.22. The largest absolute Gasteiger partial charge is 0.508 e. The SMILES string of the molecule is N#CC1=C(O)C2(CCCCC2)N=C1N. The molecule has 0 bridgehead atoms. The van der Waals surface area contributed by atoms with E-state index in [2.05, 4.69) is 4.99 Å². The van der Waals surface area contributed by atoms with Crippen molar-refractivity contribution < 1.29 is 5.11 Å². The van der Waals surface area contributed by atoms with Gasteiger partial charge in [0, 0.05) is 0 Å². The number of amidine groups is 1. The molecule has 1 heterocycles. The molecule has 4 heteroatoms. The number of nitrogens with zero attached hydrogens (tertiary/aromatic N) is 2. The first-order valence-electron chi connectivity index (χ1n) is 4.89. The van der Waals surface area contributed by atoms with Gasteiger partial charge in [-0.15, -0.1) is 0 Å². The molecule has 14 heavy (non-hydrogen) atoms. The van der Waals surface area contributed by atoms with Gasteiger partial charge in [0.2, 0.25) is 0 Å². The molecular weight excluding hydrogens is 178 g/mol. The van der Waals surface area contributed by atoms with Crippen LogP contribution in [0.2, 0.25) is 0 Å². The third kappa shape index (κ3) is 1.09. The van der Waals surface area contributed by atoms with Crippen molar-refractivity contribution in [2.45, 2.75) is 37.6 Å². The van der Waals surface area contributed by atoms with Crippen LogP contribution >= 0.6 is 0 Å². The zero-order valence-corrected chi connectivity index (χ0v) is 7.95. The van der Waals surface area contributed by atoms with Gasteiger partial charge in [0.05, 0.1) is 0 Å². The van der Waals surface area contributed by atoms with Gasteiger partial charge in [-0.1, -0.05) is 19.3 Å². The number of aliphatic hydroxyl groups is 1. The summed E-state index contributed by atoms with van der Waals surface area (Å²) in [6.07, 6.45) is 4.88. The Bertz CT molecular complexity index is 356. The molecule has 1 spiro atoms. The Morgan fingerprint density at radius 3 is 2.50 bits per heavy atom. The minimum atomic E-state index is -0.548. The molecule has 3 N–H and O–H groups in total. The first kappa shape index (κ1) is 9.07. The van der Waals surface area contributed by atoms with E-state index in [1.54, 1.807) is 0 Å². The quantitative estimate of drug-likeness (QED) is 0.607. The van der Waals surface area contributed by atoms with Gasteiger partial charge >= 0.3 is 0 Å². The number of nitriles is 1. The second kappa shape index (κ2) is 3.02. The highest BCUT2D eigenvalue weighted by atomic mass is 16.3. The van der Waals surface area contributed by atoms with Crippen LogP contribution in [0.3, 0.4) is 0 Å². The van der Waals surface area contributed by atoms with E-state index >= 15 is 0 Å². The maximum atomic E-state index is 9.90. The van der Waals surface area contributed by atoms with Crippen LogP contribution in [0.5, 0.6) is 0 Å². The monoisotopic (exact) mass is 191 g/mol. The molecule has 2 rings (SSSR count). The van der Waals surface area contributed by atoms with Gasteiger partial charge < -0.3 is 10.8 Å². The van der Waals surface area contributed by atoms with E-state index < -0.39 is 5.54 Å². The van der Waals surface area contributed by atoms with E-state index in [-0.39, 0.29) is 17.2 Å². The molecule has 1 saturated carbocycles. The molecule has 1 fully saturated rings. The molecule has 4 nitrogen and oxygen atoms in total. The molecule has 0 atom stereocenters. The third-order valence-electron chi connectivity index (χ3n) is 3.06. The van der Waals surface area contributed by atoms with Gasteiger partial charge in [-0.3, -0.25) is 4.99 Å². The zero-order chi connectivity index (χ0) is 10.2. The molecule has 1 aliphatic carbocycles. The number of aliphatic hydroxyl groups excluding tert-OH is 1. The number of aliphatic imine (C=N–C) groups is 1. The smallest absolute Gasteiger partial charge is 0.141 e. The minimum Gasteiger partial charge on any atom is -0.508 e. The lowest BCUT2D eigenvalue weighted by atomic mass is 9.81. The molecule has 0 amide bonds. The van der Waals surface area contributed by atoms with E-state index in [9.17, 15) is 5.11 Å². The number of hydrogen-bond acceptors (Lipinski definition) is 4. The molecule has 0 unspecified atom stereocenters. The van der Waals surface area contributed by atoms with Crippen molar-refractivity contribution in [3.63, 3.8) is 0 Å². The highest BCUT2D eigenvalue weighted by Gasteiger charge is 2.42. The molecule has 74 valence electrons. The summed E-state index contributed by atoms with van der Waals surface area (Å²) in [5.74, 6) is 0.295. The van der Waals surface area contributed by atoms with Crippen molar-refractivity contribution in [3.8, 4) is 6.07 Å². The third-order valence-corrected chi connectivity index (χ3v) is 3.06. The zero-order valence-electron chi connectivity index (χ0n) is 7.95. The van der Waals surface area contributed by atoms with Crippen LogP contribution < -0.4 is 5.73 Å². The van der Waals surface area contributed by atoms with Crippen molar-refractivity contribution in [1.29, 1.82) is 5.26 Å². The van der Waals surface area contributed by atoms with Crippen molar-refractivity contribution in [1.82, 2.24) is 0 Å². The van der Waals surface area contributed by atoms with Crippen molar-refractivity contribution in [2.24, 2.45) is 10.7 Å². The van der Waals surface area contributed by atoms with Gasteiger partial charge in [0.15, 0.2) is 0 Å². The topological polar surface area (TPSA) is 82.4 Å². The Balaban J connectivity index is 2.40. The fraction of sp³-hybridized carbons (Fsp3) is 0.600. The minimum absolute atomic E-state index is 0.0946. The summed E-state index contributed by atoms with van der Waals surface area (Å²) < 4.78 is 0. The van der Waals surface area contributed by atoms with E-state index in [0.29, 0.717) is 0 Å². The van der Waals surface area contributed by atoms with Crippen LogP contribution in [-0.4, -0.2) is 16.5 Å². The summed E-state index contributed by atoms with van der Waals surface area (Å²) in [7, 11) is 0. The summed E-state index contributed by atoms with van der Waals surface area (Å²) in [4.78, 5) is 4.26. The van der Waals surface area contributed by atoms with Crippen molar-refractivity contribution in [2.75, 3.05) is 0 Å². The van der Waals surface area contributed by atoms with Gasteiger partial charge in [0.25, 0.3) is 0 Å². The Labute approximate surface area is 82.7 Å². The summed E-state index contributed by atoms with van der Waals surface area (Å²) in [6.45, 7) is 0. The van der Waals surface area contributed by atoms with Crippen LogP contribution in [-0.2, 0) is 0 Å². The normalized spacial score (nSPS) is 24.9. The molecule has 0 aromatic rings. The summed E-state index contributed by atoms with van der Waals surface area (Å²) in [6, 6.07) is 1.91. The second-order valence-corrected chi connectivity index (χ2v) is 3.92. The second-order valence-electron chi connectivity index (χ2n) is 3.92. The summed E-state index contributed by atoms with van der Waals surface area (Å²) in [5, 5.41) is 18.7. The standard InChI is InChI=1S/C10H13N3O/c11-6-7-8(14)10(13-9(7)12)4-2-1-3-5-10/h14H,1-5H2,(H2,12,13). The van der Waals surface area contributed by atoms with E-state index in [1.807, 2.05) is 6.07 Å². The lowest BCUT2D eigenvalue weighted by Crippen LogP contribution is -2.30. The maximum absolute atomic E-state index is 9.90. The number of nitrogens with two attached hydrogens (primary N) is 1. The van der Waals surface area contributed by atoms with Crippen LogP contribution in [0.1, 0.15) is 32.1 Å². The Morgan fingerprint density at radius 2 is 2.00 bits per heavy atom. The molecule has 1 aliphatic heterocycles. The molecule has 0 radical (unpaired) electrons. The maximum Gasteiger partial charge on any atom is 0.141 e. The molecule has 0 aromatic heterocycles. The predicted octanol–water partition coefficient (Wildman–Crippen LogP) is 1.40. The predicted molar refractivity (Wildman–Crippen MR) is 52.7 cm³/mol. The van der Waals surface area contributed by atoms with E-state index in [1.165, 1.54) is 6.42 Å². The van der Waals surface area contributed by atoms with Crippen LogP contribution in [0.25, 0.3) is 0 Å². The van der Waals surface area contributed by atoms with Gasteiger partial charge in [-0.2, -0.15) is 5.26 Å². The Morgan fingerprint density at radius 1 is 1.36 bits per heavy atom. The average molecular weight is 191 g/mol. The Hall–Kier alpha value is -1.50. The first-order valence-corrected chi connectivity index (χ1v) is 4.89. The lowest BCUT2D eigenvalue weighted by Gasteiger charge is -2.30. The van der Waals surface area contributed by atoms with Gasteiger partial charge in [0.1, 0.15) is 28.8 Å². The van der Waals surface area contributed by atoms with Gasteiger partial charge in [-0.05, 0) is 12.8 Å². The Kier molecular flexibility index (Phi) is 1.95. The molecular formula is C10H13N3O. The number of rotatable bonds is 0. The van der Waals surface area contributed by atoms with Crippen molar-refractivity contribution >= 4 is 5.84 Å². The van der Waals surface area contributed by atoms with E-state index in [4.69, 9.17) is 11.0 Å². The fourth-order valence-electron chi connectivity index (χ4n) is 2.29.